The molecule has 0 saturated heterocycles. The van der Waals surface area contributed by atoms with E-state index in [0.29, 0.717) is 0 Å². The molecule has 5 aromatic carbocycles. The van der Waals surface area contributed by atoms with Gasteiger partial charge in [0.1, 0.15) is 16.8 Å². The van der Waals surface area contributed by atoms with Gasteiger partial charge in [-0.1, -0.05) is 60.7 Å². The number of hydrogen-bond acceptors (Lipinski definition) is 3. The Bertz CT molecular complexity index is 3060. The van der Waals surface area contributed by atoms with Crippen LogP contribution in [0.4, 0.5) is 0 Å². The van der Waals surface area contributed by atoms with E-state index in [4.69, 9.17) is 9.97 Å². The standard InChI is InChI=1S/C41H24N6/c1-3-10-25(11-4-1)45-33-16-8-7-14-27(33)30-22-31-37(23-36(30)45)46(26-12-5-2-6-13-26)35-18-17-28-29-15-9-20-43-40(29)47-34-19-21-42-24-32(34)44-41(47)39(28)38(31)35/h1-24H. The molecule has 6 aromatic heterocycles. The number of hydrogen-bond donors (Lipinski definition) is 0. The summed E-state index contributed by atoms with van der Waals surface area (Å²) in [4.78, 5) is 14.5. The summed E-state index contributed by atoms with van der Waals surface area (Å²) in [6.07, 6.45) is 5.54. The lowest BCUT2D eigenvalue weighted by molar-refractivity contribution is 1.16. The minimum atomic E-state index is 0.851. The predicted octanol–water partition coefficient (Wildman–Crippen LogP) is 9.78. The molecule has 11 rings (SSSR count). The van der Waals surface area contributed by atoms with Crippen molar-refractivity contribution in [3.63, 3.8) is 0 Å². The Balaban J connectivity index is 1.43. The van der Waals surface area contributed by atoms with Gasteiger partial charge in [-0.15, -0.1) is 0 Å². The molecular weight excluding hydrogens is 576 g/mol. The number of pyridine rings is 3. The number of para-hydroxylation sites is 3. The normalized spacial score (nSPS) is 12.3. The van der Waals surface area contributed by atoms with Crippen LogP contribution in [0.25, 0.3) is 93.5 Å². The van der Waals surface area contributed by atoms with E-state index in [1.165, 1.54) is 32.6 Å². The first-order valence-electron chi connectivity index (χ1n) is 15.8. The number of benzene rings is 5. The van der Waals surface area contributed by atoms with E-state index in [1.807, 2.05) is 30.7 Å². The minimum absolute atomic E-state index is 0.851. The van der Waals surface area contributed by atoms with Crippen LogP contribution >= 0.6 is 0 Å². The second kappa shape index (κ2) is 9.02. The van der Waals surface area contributed by atoms with E-state index in [-0.39, 0.29) is 0 Å². The number of aromatic nitrogens is 6. The van der Waals surface area contributed by atoms with E-state index in [1.54, 1.807) is 0 Å². The highest BCUT2D eigenvalue weighted by atomic mass is 15.1. The summed E-state index contributed by atoms with van der Waals surface area (Å²) in [6, 6.07) is 45.6. The van der Waals surface area contributed by atoms with Crippen LogP contribution in [0.15, 0.2) is 146 Å². The molecule has 6 heteroatoms. The molecule has 0 aliphatic carbocycles. The van der Waals surface area contributed by atoms with Crippen molar-refractivity contribution in [2.45, 2.75) is 0 Å². The summed E-state index contributed by atoms with van der Waals surface area (Å²) >= 11 is 0. The second-order valence-electron chi connectivity index (χ2n) is 12.1. The first-order chi connectivity index (χ1) is 23.3. The van der Waals surface area contributed by atoms with E-state index >= 15 is 0 Å². The molecule has 0 N–H and O–H groups in total. The summed E-state index contributed by atoms with van der Waals surface area (Å²) < 4.78 is 7.01. The number of fused-ring (bicyclic) bond motifs is 15. The fraction of sp³-hybridized carbons (Fsp3) is 0. The molecule has 6 heterocycles. The van der Waals surface area contributed by atoms with Crippen molar-refractivity contribution in [2.24, 2.45) is 0 Å². The van der Waals surface area contributed by atoms with Crippen LogP contribution in [0.3, 0.4) is 0 Å². The Labute approximate surface area is 267 Å². The minimum Gasteiger partial charge on any atom is -0.309 e. The van der Waals surface area contributed by atoms with Gasteiger partial charge in [-0.2, -0.15) is 0 Å². The molecule has 0 amide bonds. The maximum Gasteiger partial charge on any atom is 0.148 e. The smallest absolute Gasteiger partial charge is 0.148 e. The van der Waals surface area contributed by atoms with Crippen LogP contribution in [0.1, 0.15) is 0 Å². The fourth-order valence-electron chi connectivity index (χ4n) is 7.84. The average Bonchev–Trinajstić information content (AvgIpc) is 3.79. The molecular formula is C41H24N6. The summed E-state index contributed by atoms with van der Waals surface area (Å²) in [7, 11) is 0. The zero-order valence-corrected chi connectivity index (χ0v) is 25.0. The Morgan fingerprint density at radius 3 is 1.98 bits per heavy atom. The third-order valence-electron chi connectivity index (χ3n) is 9.72. The van der Waals surface area contributed by atoms with Crippen molar-refractivity contribution < 1.29 is 0 Å². The highest BCUT2D eigenvalue weighted by molar-refractivity contribution is 6.31. The lowest BCUT2D eigenvalue weighted by atomic mass is 10.0. The van der Waals surface area contributed by atoms with Gasteiger partial charge in [-0.3, -0.25) is 9.38 Å². The fourth-order valence-corrected chi connectivity index (χ4v) is 7.84. The largest absolute Gasteiger partial charge is 0.309 e. The third-order valence-corrected chi connectivity index (χ3v) is 9.72. The van der Waals surface area contributed by atoms with Gasteiger partial charge in [0.2, 0.25) is 0 Å². The quantitative estimate of drug-likeness (QED) is 0.186. The molecule has 0 aliphatic heterocycles. The van der Waals surface area contributed by atoms with Gasteiger partial charge in [0, 0.05) is 56.1 Å². The highest BCUT2D eigenvalue weighted by Crippen LogP contribution is 2.44. The Morgan fingerprint density at radius 1 is 0.426 bits per heavy atom. The van der Waals surface area contributed by atoms with Gasteiger partial charge >= 0.3 is 0 Å². The Morgan fingerprint density at radius 2 is 1.15 bits per heavy atom. The van der Waals surface area contributed by atoms with Gasteiger partial charge in [0.25, 0.3) is 0 Å². The van der Waals surface area contributed by atoms with Gasteiger partial charge in [-0.05, 0) is 72.1 Å². The molecule has 0 spiro atoms. The van der Waals surface area contributed by atoms with E-state index < -0.39 is 0 Å². The third kappa shape index (κ3) is 3.21. The van der Waals surface area contributed by atoms with Crippen LogP contribution in [0.2, 0.25) is 0 Å². The average molecular weight is 601 g/mol. The van der Waals surface area contributed by atoms with Crippen molar-refractivity contribution in [3.05, 3.63) is 146 Å². The lowest BCUT2D eigenvalue weighted by Crippen LogP contribution is -1.96. The van der Waals surface area contributed by atoms with Crippen LogP contribution in [-0.2, 0) is 0 Å². The molecule has 11 aromatic rings. The maximum atomic E-state index is 5.24. The summed E-state index contributed by atoms with van der Waals surface area (Å²) in [6.45, 7) is 0. The van der Waals surface area contributed by atoms with Crippen LogP contribution < -0.4 is 0 Å². The van der Waals surface area contributed by atoms with Gasteiger partial charge in [0.05, 0.1) is 33.8 Å². The molecule has 0 bridgehead atoms. The van der Waals surface area contributed by atoms with Gasteiger partial charge in [0.15, 0.2) is 0 Å². The highest BCUT2D eigenvalue weighted by Gasteiger charge is 2.23. The first kappa shape index (κ1) is 24.8. The summed E-state index contributed by atoms with van der Waals surface area (Å²) in [5.41, 5.74) is 10.5. The molecule has 0 atom stereocenters. The van der Waals surface area contributed by atoms with Crippen molar-refractivity contribution in [1.29, 1.82) is 0 Å². The number of rotatable bonds is 2. The van der Waals surface area contributed by atoms with Gasteiger partial charge < -0.3 is 9.13 Å². The predicted molar refractivity (Wildman–Crippen MR) is 192 cm³/mol. The van der Waals surface area contributed by atoms with Crippen molar-refractivity contribution in [2.75, 3.05) is 0 Å². The van der Waals surface area contributed by atoms with Crippen molar-refractivity contribution in [3.8, 4) is 11.4 Å². The van der Waals surface area contributed by atoms with Crippen LogP contribution in [0, 0.1) is 0 Å². The maximum absolute atomic E-state index is 5.24. The number of nitrogens with zero attached hydrogens (tertiary/aromatic N) is 6. The summed E-state index contributed by atoms with van der Waals surface area (Å²) in [5, 5.41) is 8.16. The first-order valence-corrected chi connectivity index (χ1v) is 15.8. The van der Waals surface area contributed by atoms with Crippen LogP contribution in [-0.4, -0.2) is 28.5 Å². The molecule has 0 aliphatic rings. The van der Waals surface area contributed by atoms with E-state index in [0.717, 1.165) is 60.9 Å². The lowest BCUT2D eigenvalue weighted by Gasteiger charge is -2.11. The molecule has 0 unspecified atom stereocenters. The molecule has 6 nitrogen and oxygen atoms in total. The van der Waals surface area contributed by atoms with E-state index in [2.05, 4.69) is 134 Å². The van der Waals surface area contributed by atoms with Crippen molar-refractivity contribution in [1.82, 2.24) is 28.5 Å². The molecule has 218 valence electrons. The Kier molecular flexibility index (Phi) is 4.75. The molecule has 0 saturated carbocycles. The Hall–Kier alpha value is -6.53. The van der Waals surface area contributed by atoms with Gasteiger partial charge in [-0.25, -0.2) is 9.97 Å². The molecule has 47 heavy (non-hydrogen) atoms. The zero-order valence-electron chi connectivity index (χ0n) is 25.0. The number of imidazole rings is 1. The SMILES string of the molecule is c1ccc(-n2c3ccccc3c3cc4c5c6c(ccc5n(-c5ccccc5)c4cc32)c2cccnc2n2c3ccncc3nc62)cc1. The molecule has 0 fully saturated rings. The second-order valence-corrected chi connectivity index (χ2v) is 12.1. The summed E-state index contributed by atoms with van der Waals surface area (Å²) in [5.74, 6) is 0. The monoisotopic (exact) mass is 600 g/mol. The topological polar surface area (TPSA) is 52.9 Å². The van der Waals surface area contributed by atoms with Crippen molar-refractivity contribution >= 4 is 82.1 Å². The molecule has 0 radical (unpaired) electrons. The van der Waals surface area contributed by atoms with Crippen LogP contribution in [0.5, 0.6) is 0 Å². The van der Waals surface area contributed by atoms with E-state index in [9.17, 15) is 0 Å². The zero-order chi connectivity index (χ0) is 30.6.